The van der Waals surface area contributed by atoms with E-state index in [2.05, 4.69) is 19.2 Å². The fourth-order valence-electron chi connectivity index (χ4n) is 8.17. The van der Waals surface area contributed by atoms with Crippen LogP contribution in [0.2, 0.25) is 0 Å². The zero-order valence-electron chi connectivity index (χ0n) is 38.1. The molecule has 0 aromatic heterocycles. The molecule has 0 bridgehead atoms. The SMILES string of the molecule is CCC(=O)NC1C(C)CC(OCC2OC(Oc3ccc(OC)cc3)C(OC(=O)c3ccccc3)C(OCc3ccccc3)C2OC(=O)c2ccccc2)(C(=O)OC)OC1[C@H](C)[C@H](C)CC. The van der Waals surface area contributed by atoms with Gasteiger partial charge < -0.3 is 47.9 Å². The molecule has 1 N–H and O–H groups in total. The summed E-state index contributed by atoms with van der Waals surface area (Å²) in [6.07, 6.45) is -6.20. The third-order valence-electron chi connectivity index (χ3n) is 12.3. The smallest absolute Gasteiger partial charge is 0.366 e. The van der Waals surface area contributed by atoms with Crippen LogP contribution in [0.5, 0.6) is 11.5 Å². The van der Waals surface area contributed by atoms with E-state index in [0.717, 1.165) is 12.0 Å². The predicted molar refractivity (Wildman–Crippen MR) is 239 cm³/mol. The van der Waals surface area contributed by atoms with Crippen LogP contribution >= 0.6 is 0 Å². The minimum Gasteiger partial charge on any atom is -0.497 e. The molecule has 0 radical (unpaired) electrons. The van der Waals surface area contributed by atoms with Crippen molar-refractivity contribution in [2.75, 3.05) is 20.8 Å². The summed E-state index contributed by atoms with van der Waals surface area (Å²) in [5.74, 6) is -3.79. The zero-order valence-corrected chi connectivity index (χ0v) is 38.1. The minimum atomic E-state index is -1.99. The molecule has 11 atom stereocenters. The maximum absolute atomic E-state index is 14.1. The van der Waals surface area contributed by atoms with Gasteiger partial charge in [-0.2, -0.15) is 0 Å². The summed E-state index contributed by atoms with van der Waals surface area (Å²) in [6.45, 7) is 9.46. The van der Waals surface area contributed by atoms with Crippen molar-refractivity contribution in [1.29, 1.82) is 0 Å². The van der Waals surface area contributed by atoms with Gasteiger partial charge >= 0.3 is 17.9 Å². The molecule has 65 heavy (non-hydrogen) atoms. The van der Waals surface area contributed by atoms with E-state index in [4.69, 9.17) is 42.6 Å². The molecule has 4 aromatic carbocycles. The Morgan fingerprint density at radius 2 is 1.32 bits per heavy atom. The lowest BCUT2D eigenvalue weighted by molar-refractivity contribution is -0.327. The molecule has 2 aliphatic heterocycles. The van der Waals surface area contributed by atoms with Gasteiger partial charge in [0.1, 0.15) is 23.7 Å². The number of hydrogen-bond acceptors (Lipinski definition) is 13. The molecule has 2 saturated heterocycles. The van der Waals surface area contributed by atoms with Gasteiger partial charge in [0.05, 0.1) is 50.7 Å². The number of esters is 3. The summed E-state index contributed by atoms with van der Waals surface area (Å²) in [7, 11) is 2.79. The summed E-state index contributed by atoms with van der Waals surface area (Å²) >= 11 is 0. The van der Waals surface area contributed by atoms with E-state index >= 15 is 0 Å². The van der Waals surface area contributed by atoms with Crippen LogP contribution < -0.4 is 14.8 Å². The van der Waals surface area contributed by atoms with E-state index < -0.39 is 73.2 Å². The quantitative estimate of drug-likeness (QED) is 0.0720. The Labute approximate surface area is 381 Å². The molecule has 2 aliphatic rings. The van der Waals surface area contributed by atoms with Gasteiger partial charge in [-0.1, -0.05) is 108 Å². The number of methoxy groups -OCH3 is 2. The molecule has 14 heteroatoms. The van der Waals surface area contributed by atoms with Gasteiger partial charge in [0, 0.05) is 12.8 Å². The highest BCUT2D eigenvalue weighted by Crippen LogP contribution is 2.41. The lowest BCUT2D eigenvalue weighted by Gasteiger charge is -2.50. The van der Waals surface area contributed by atoms with Gasteiger partial charge in [0.25, 0.3) is 5.79 Å². The summed E-state index contributed by atoms with van der Waals surface area (Å²) in [5.41, 5.74) is 1.26. The second-order valence-corrected chi connectivity index (χ2v) is 16.6. The normalized spacial score (nSPS) is 26.1. The Hall–Kier alpha value is -5.80. The van der Waals surface area contributed by atoms with Crippen molar-refractivity contribution in [3.8, 4) is 11.5 Å². The average molecular weight is 896 g/mol. The second kappa shape index (κ2) is 22.9. The van der Waals surface area contributed by atoms with E-state index in [1.165, 1.54) is 7.11 Å². The standard InChI is InChI=1S/C51H61NO13/c1-8-32(3)34(5)43-42(52-41(53)9-2)33(4)29-51(65-43,50(56)58-7)60-31-40-44(63-47(54)36-21-15-11-16-22-36)45(59-30-35-19-13-10-14-20-35)46(64-48(55)37-23-17-12-18-24-37)49(62-40)61-39-27-25-38(57-6)26-28-39/h10-28,32-34,40,42-46,49H,8-9,29-31H2,1-7H3,(H,52,53)/t32-,33?,34-,40?,42?,43?,44?,45?,46?,49?,51?/m1/s1. The summed E-state index contributed by atoms with van der Waals surface area (Å²) in [4.78, 5) is 55.1. The van der Waals surface area contributed by atoms with Gasteiger partial charge in [0.2, 0.25) is 12.2 Å². The molecule has 348 valence electrons. The highest BCUT2D eigenvalue weighted by molar-refractivity contribution is 5.90. The number of carbonyl (C=O) groups excluding carboxylic acids is 4. The molecule has 0 aliphatic carbocycles. The van der Waals surface area contributed by atoms with Gasteiger partial charge in [-0.25, -0.2) is 14.4 Å². The Balaban J connectivity index is 1.44. The monoisotopic (exact) mass is 895 g/mol. The maximum Gasteiger partial charge on any atom is 0.366 e. The third-order valence-corrected chi connectivity index (χ3v) is 12.3. The van der Waals surface area contributed by atoms with E-state index in [1.54, 1.807) is 99.0 Å². The summed E-state index contributed by atoms with van der Waals surface area (Å²) in [6, 6.07) is 32.4. The average Bonchev–Trinajstić information content (AvgIpc) is 3.34. The number of carbonyl (C=O) groups is 4. The van der Waals surface area contributed by atoms with Crippen LogP contribution in [-0.2, 0) is 49.4 Å². The molecule has 0 spiro atoms. The molecule has 9 unspecified atom stereocenters. The first-order valence-electron chi connectivity index (χ1n) is 22.2. The first-order chi connectivity index (χ1) is 31.4. The molecule has 14 nitrogen and oxygen atoms in total. The number of ether oxygens (including phenoxy) is 9. The number of hydrogen-bond donors (Lipinski definition) is 1. The maximum atomic E-state index is 14.1. The van der Waals surface area contributed by atoms with E-state index in [0.29, 0.717) is 11.5 Å². The summed E-state index contributed by atoms with van der Waals surface area (Å²) in [5, 5.41) is 3.14. The number of benzene rings is 4. The van der Waals surface area contributed by atoms with Crippen molar-refractivity contribution in [2.24, 2.45) is 17.8 Å². The Morgan fingerprint density at radius 3 is 1.88 bits per heavy atom. The lowest BCUT2D eigenvalue weighted by atomic mass is 9.77. The van der Waals surface area contributed by atoms with Crippen molar-refractivity contribution in [3.63, 3.8) is 0 Å². The first-order valence-corrected chi connectivity index (χ1v) is 22.2. The van der Waals surface area contributed by atoms with Crippen LogP contribution in [0.3, 0.4) is 0 Å². The highest BCUT2D eigenvalue weighted by atomic mass is 16.8. The van der Waals surface area contributed by atoms with Crippen LogP contribution in [0.25, 0.3) is 0 Å². The van der Waals surface area contributed by atoms with Crippen molar-refractivity contribution >= 4 is 23.8 Å². The zero-order chi connectivity index (χ0) is 46.5. The van der Waals surface area contributed by atoms with E-state index in [-0.39, 0.29) is 54.2 Å². The number of amides is 1. The number of nitrogens with one attached hydrogen (secondary N) is 1. The second-order valence-electron chi connectivity index (χ2n) is 16.6. The number of rotatable bonds is 19. The van der Waals surface area contributed by atoms with Crippen LogP contribution in [0, 0.1) is 17.8 Å². The van der Waals surface area contributed by atoms with Crippen LogP contribution in [0.15, 0.2) is 115 Å². The third kappa shape index (κ3) is 12.1. The van der Waals surface area contributed by atoms with Crippen molar-refractivity contribution < 1.29 is 61.8 Å². The molecule has 2 heterocycles. The van der Waals surface area contributed by atoms with Gasteiger partial charge in [-0.05, 0) is 71.8 Å². The first kappa shape index (κ1) is 48.7. The topological polar surface area (TPSA) is 163 Å². The van der Waals surface area contributed by atoms with Crippen LogP contribution in [0.1, 0.15) is 80.2 Å². The molecule has 6 rings (SSSR count). The Bertz CT molecular complexity index is 2140. The molecule has 2 fully saturated rings. The highest BCUT2D eigenvalue weighted by Gasteiger charge is 2.57. The molecule has 1 amide bonds. The molecular formula is C51H61NO13. The van der Waals surface area contributed by atoms with Gasteiger partial charge in [-0.3, -0.25) is 4.79 Å². The van der Waals surface area contributed by atoms with Gasteiger partial charge in [-0.15, -0.1) is 0 Å². The Morgan fingerprint density at radius 1 is 0.754 bits per heavy atom. The molecular weight excluding hydrogens is 835 g/mol. The van der Waals surface area contributed by atoms with Crippen molar-refractivity contribution in [3.05, 3.63) is 132 Å². The fraction of sp³-hybridized carbons (Fsp3) is 0.451. The lowest BCUT2D eigenvalue weighted by Crippen LogP contribution is -2.66. The van der Waals surface area contributed by atoms with E-state index in [1.807, 2.05) is 44.2 Å². The fourth-order valence-corrected chi connectivity index (χ4v) is 8.17. The van der Waals surface area contributed by atoms with Crippen molar-refractivity contribution in [1.82, 2.24) is 5.32 Å². The van der Waals surface area contributed by atoms with Gasteiger partial charge in [0.15, 0.2) is 12.2 Å². The Kier molecular flexibility index (Phi) is 17.1. The largest absolute Gasteiger partial charge is 0.497 e. The predicted octanol–water partition coefficient (Wildman–Crippen LogP) is 7.72. The van der Waals surface area contributed by atoms with Crippen molar-refractivity contribution in [2.45, 2.75) is 109 Å². The molecule has 4 aromatic rings. The minimum absolute atomic E-state index is 0.000111. The molecule has 0 saturated carbocycles. The van der Waals surface area contributed by atoms with Crippen LogP contribution in [0.4, 0.5) is 0 Å². The summed E-state index contributed by atoms with van der Waals surface area (Å²) < 4.78 is 56.9. The van der Waals surface area contributed by atoms with E-state index in [9.17, 15) is 19.2 Å². The van der Waals surface area contributed by atoms with Crippen LogP contribution in [-0.4, -0.2) is 93.3 Å².